The Morgan fingerprint density at radius 3 is 2.84 bits per heavy atom. The van der Waals surface area contributed by atoms with Crippen LogP contribution < -0.4 is 10.1 Å². The van der Waals surface area contributed by atoms with E-state index in [1.807, 2.05) is 31.2 Å². The maximum Gasteiger partial charge on any atom is 0.252 e. The van der Waals surface area contributed by atoms with Crippen LogP contribution in [0.3, 0.4) is 0 Å². The summed E-state index contributed by atoms with van der Waals surface area (Å²) in [5.41, 5.74) is 1.22. The van der Waals surface area contributed by atoms with Crippen LogP contribution in [0.5, 0.6) is 5.75 Å². The molecule has 0 bridgehead atoms. The van der Waals surface area contributed by atoms with Crippen molar-refractivity contribution in [3.05, 3.63) is 54.1 Å². The minimum absolute atomic E-state index is 0.0739. The topological polar surface area (TPSA) is 81.4 Å². The van der Waals surface area contributed by atoms with E-state index >= 15 is 0 Å². The first-order chi connectivity index (χ1) is 12.1. The Labute approximate surface area is 146 Å². The third kappa shape index (κ3) is 4.53. The van der Waals surface area contributed by atoms with Crippen molar-refractivity contribution in [3.8, 4) is 5.75 Å². The number of benzene rings is 1. The first-order valence-corrected chi connectivity index (χ1v) is 8.22. The van der Waals surface area contributed by atoms with Gasteiger partial charge in [-0.15, -0.1) is 5.10 Å². The van der Waals surface area contributed by atoms with Crippen LogP contribution in [-0.4, -0.2) is 38.6 Å². The van der Waals surface area contributed by atoms with Crippen molar-refractivity contribution in [3.63, 3.8) is 0 Å². The van der Waals surface area contributed by atoms with Gasteiger partial charge in [-0.05, 0) is 43.5 Å². The molecular formula is C18H21N5O2. The summed E-state index contributed by atoms with van der Waals surface area (Å²) in [5, 5.41) is 7.23. The second-order valence-corrected chi connectivity index (χ2v) is 5.92. The van der Waals surface area contributed by atoms with E-state index in [9.17, 15) is 4.79 Å². The number of fused-ring (bicyclic) bond motifs is 1. The number of aryl methyl sites for hydroxylation is 1. The number of hydrogen-bond acceptors (Lipinski definition) is 5. The van der Waals surface area contributed by atoms with Gasteiger partial charge in [-0.2, -0.15) is 4.98 Å². The lowest BCUT2D eigenvalue weighted by molar-refractivity contribution is -0.121. The highest BCUT2D eigenvalue weighted by Crippen LogP contribution is 2.13. The molecule has 1 atom stereocenters. The molecule has 0 radical (unpaired) electrons. The summed E-state index contributed by atoms with van der Waals surface area (Å²) >= 11 is 0. The van der Waals surface area contributed by atoms with Crippen LogP contribution in [0, 0.1) is 0 Å². The van der Waals surface area contributed by atoms with E-state index in [0.29, 0.717) is 11.6 Å². The summed E-state index contributed by atoms with van der Waals surface area (Å²) in [7, 11) is 1.65. The lowest BCUT2D eigenvalue weighted by Gasteiger charge is -2.13. The number of methoxy groups -OCH3 is 1. The zero-order valence-electron chi connectivity index (χ0n) is 14.3. The van der Waals surface area contributed by atoms with Crippen LogP contribution in [0.1, 0.15) is 24.7 Å². The second kappa shape index (κ2) is 7.74. The van der Waals surface area contributed by atoms with Gasteiger partial charge < -0.3 is 10.1 Å². The normalized spacial score (nSPS) is 12.1. The van der Waals surface area contributed by atoms with Gasteiger partial charge in [0, 0.05) is 18.4 Å². The van der Waals surface area contributed by atoms with Gasteiger partial charge in [0.25, 0.3) is 5.78 Å². The molecule has 1 N–H and O–H groups in total. The van der Waals surface area contributed by atoms with Crippen LogP contribution in [0.25, 0.3) is 5.78 Å². The van der Waals surface area contributed by atoms with Gasteiger partial charge >= 0.3 is 0 Å². The molecule has 0 aliphatic rings. The van der Waals surface area contributed by atoms with Crippen LogP contribution in [-0.2, 0) is 17.6 Å². The van der Waals surface area contributed by atoms with Gasteiger partial charge in [-0.3, -0.25) is 4.79 Å². The smallest absolute Gasteiger partial charge is 0.252 e. The quantitative estimate of drug-likeness (QED) is 0.710. The fourth-order valence-corrected chi connectivity index (χ4v) is 2.57. The molecule has 3 aromatic rings. The summed E-state index contributed by atoms with van der Waals surface area (Å²) in [6.45, 7) is 2.00. The van der Waals surface area contributed by atoms with Crippen molar-refractivity contribution in [2.45, 2.75) is 32.2 Å². The number of nitrogens with zero attached hydrogens (tertiary/aromatic N) is 4. The Morgan fingerprint density at radius 2 is 2.12 bits per heavy atom. The molecule has 0 unspecified atom stereocenters. The maximum absolute atomic E-state index is 12.2. The third-order valence-electron chi connectivity index (χ3n) is 3.91. The summed E-state index contributed by atoms with van der Waals surface area (Å²) in [5.74, 6) is 1.73. The van der Waals surface area contributed by atoms with E-state index in [0.717, 1.165) is 18.6 Å². The Morgan fingerprint density at radius 1 is 1.32 bits per heavy atom. The maximum atomic E-state index is 12.2. The molecule has 0 aliphatic carbocycles. The predicted molar refractivity (Wildman–Crippen MR) is 93.4 cm³/mol. The van der Waals surface area contributed by atoms with Crippen molar-refractivity contribution in [1.29, 1.82) is 0 Å². The van der Waals surface area contributed by atoms with Crippen LogP contribution in [0.2, 0.25) is 0 Å². The minimum Gasteiger partial charge on any atom is -0.497 e. The standard InChI is InChI=1S/C18H21N5O2/c1-13(4-5-14-6-8-15(25-2)9-7-14)20-17(24)12-16-21-18-19-10-3-11-23(18)22-16/h3,6-11,13H,4-5,12H2,1-2H3,(H,20,24)/t13-/m0/s1. The number of nitrogens with one attached hydrogen (secondary N) is 1. The van der Waals surface area contributed by atoms with Crippen LogP contribution >= 0.6 is 0 Å². The van der Waals surface area contributed by atoms with Crippen molar-refractivity contribution < 1.29 is 9.53 Å². The molecule has 0 aliphatic heterocycles. The van der Waals surface area contributed by atoms with Crippen molar-refractivity contribution in [2.24, 2.45) is 0 Å². The summed E-state index contributed by atoms with van der Waals surface area (Å²) < 4.78 is 6.72. The van der Waals surface area contributed by atoms with E-state index in [4.69, 9.17) is 4.74 Å². The SMILES string of the molecule is COc1ccc(CC[C@H](C)NC(=O)Cc2nc3ncccn3n2)cc1. The zero-order chi connectivity index (χ0) is 17.6. The first kappa shape index (κ1) is 16.9. The molecule has 130 valence electrons. The Bertz CT molecular complexity index is 811. The molecule has 0 saturated heterocycles. The summed E-state index contributed by atoms with van der Waals surface area (Å²) in [6, 6.07) is 9.82. The average Bonchev–Trinajstić information content (AvgIpc) is 3.02. The predicted octanol–water partition coefficient (Wildman–Crippen LogP) is 1.81. The van der Waals surface area contributed by atoms with Gasteiger partial charge in [0.05, 0.1) is 13.5 Å². The van der Waals surface area contributed by atoms with Gasteiger partial charge in [0.1, 0.15) is 5.75 Å². The molecule has 1 aromatic carbocycles. The number of hydrogen-bond donors (Lipinski definition) is 1. The molecule has 2 heterocycles. The van der Waals surface area contributed by atoms with E-state index in [-0.39, 0.29) is 18.4 Å². The second-order valence-electron chi connectivity index (χ2n) is 5.92. The monoisotopic (exact) mass is 339 g/mol. The number of amides is 1. The first-order valence-electron chi connectivity index (χ1n) is 8.22. The Balaban J connectivity index is 1.48. The molecule has 3 rings (SSSR count). The van der Waals surface area contributed by atoms with E-state index in [1.54, 1.807) is 30.1 Å². The van der Waals surface area contributed by atoms with Gasteiger partial charge in [-0.25, -0.2) is 9.50 Å². The highest BCUT2D eigenvalue weighted by Gasteiger charge is 2.12. The lowest BCUT2D eigenvalue weighted by atomic mass is 10.1. The summed E-state index contributed by atoms with van der Waals surface area (Å²) in [6.07, 6.45) is 5.31. The van der Waals surface area contributed by atoms with Crippen molar-refractivity contribution in [2.75, 3.05) is 7.11 Å². The number of ether oxygens (including phenoxy) is 1. The number of rotatable bonds is 7. The van der Waals surface area contributed by atoms with Gasteiger partial charge in [0.15, 0.2) is 5.82 Å². The molecule has 25 heavy (non-hydrogen) atoms. The highest BCUT2D eigenvalue weighted by atomic mass is 16.5. The largest absolute Gasteiger partial charge is 0.497 e. The number of carbonyl (C=O) groups is 1. The molecule has 0 spiro atoms. The number of aromatic nitrogens is 4. The van der Waals surface area contributed by atoms with E-state index < -0.39 is 0 Å². The van der Waals surface area contributed by atoms with Gasteiger partial charge in [0.2, 0.25) is 5.91 Å². The Hall–Kier alpha value is -2.96. The third-order valence-corrected chi connectivity index (χ3v) is 3.91. The molecule has 7 nitrogen and oxygen atoms in total. The van der Waals surface area contributed by atoms with E-state index in [2.05, 4.69) is 20.4 Å². The molecule has 1 amide bonds. The molecule has 0 fully saturated rings. The zero-order valence-corrected chi connectivity index (χ0v) is 14.3. The van der Waals surface area contributed by atoms with Crippen molar-refractivity contribution in [1.82, 2.24) is 24.9 Å². The molecular weight excluding hydrogens is 318 g/mol. The molecule has 0 saturated carbocycles. The Kier molecular flexibility index (Phi) is 5.23. The minimum atomic E-state index is -0.0851. The van der Waals surface area contributed by atoms with Gasteiger partial charge in [-0.1, -0.05) is 12.1 Å². The average molecular weight is 339 g/mol. The fraction of sp³-hybridized carbons (Fsp3) is 0.333. The summed E-state index contributed by atoms with van der Waals surface area (Å²) in [4.78, 5) is 20.5. The lowest BCUT2D eigenvalue weighted by Crippen LogP contribution is -2.34. The molecule has 2 aromatic heterocycles. The number of carbonyl (C=O) groups excluding carboxylic acids is 1. The van der Waals surface area contributed by atoms with E-state index in [1.165, 1.54) is 5.56 Å². The fourth-order valence-electron chi connectivity index (χ4n) is 2.57. The van der Waals surface area contributed by atoms with Crippen molar-refractivity contribution >= 4 is 11.7 Å². The van der Waals surface area contributed by atoms with Crippen LogP contribution in [0.4, 0.5) is 0 Å². The van der Waals surface area contributed by atoms with Crippen LogP contribution in [0.15, 0.2) is 42.7 Å². The highest BCUT2D eigenvalue weighted by molar-refractivity contribution is 5.78. The molecule has 7 heteroatoms.